The lowest BCUT2D eigenvalue weighted by Crippen LogP contribution is -2.26. The van der Waals surface area contributed by atoms with Crippen LogP contribution in [0.15, 0.2) is 83.1 Å². The molecular formula is C27H28N4O5S2. The zero-order chi connectivity index (χ0) is 27.1. The lowest BCUT2D eigenvalue weighted by Gasteiger charge is -2.15. The van der Waals surface area contributed by atoms with Crippen LogP contribution in [0.2, 0.25) is 0 Å². The Morgan fingerprint density at radius 2 is 1.79 bits per heavy atom. The van der Waals surface area contributed by atoms with E-state index >= 15 is 0 Å². The van der Waals surface area contributed by atoms with Crippen LogP contribution in [0, 0.1) is 0 Å². The molecule has 9 nitrogen and oxygen atoms in total. The number of nitrogens with one attached hydrogen (secondary N) is 3. The molecule has 1 amide bonds. The predicted octanol–water partition coefficient (Wildman–Crippen LogP) is 4.92. The number of thiazole rings is 1. The number of benzene rings is 3. The first kappa shape index (κ1) is 27.1. The monoisotopic (exact) mass is 552 g/mol. The van der Waals surface area contributed by atoms with Crippen LogP contribution in [-0.2, 0) is 14.8 Å². The molecule has 0 aliphatic rings. The van der Waals surface area contributed by atoms with Gasteiger partial charge in [-0.05, 0) is 55.0 Å². The fourth-order valence-corrected chi connectivity index (χ4v) is 5.56. The standard InChI is InChI=1S/C27H28N4O5S2/c1-18(19-7-5-4-6-8-19)31-38(33,34)22-12-10-21(11-13-22)36-16-26(32)29-23-15-20(9-14-25(23)35-3)24-17-37-27(28-2)30-24/h4-15,17-18,31H,16H2,1-3H3,(H,28,30)(H,29,32)/t18-/m0/s1. The molecule has 3 aromatic carbocycles. The molecule has 38 heavy (non-hydrogen) atoms. The lowest BCUT2D eigenvalue weighted by molar-refractivity contribution is -0.118. The largest absolute Gasteiger partial charge is 0.495 e. The number of hydrogen-bond donors (Lipinski definition) is 3. The average Bonchev–Trinajstić information content (AvgIpc) is 3.42. The minimum Gasteiger partial charge on any atom is -0.495 e. The van der Waals surface area contributed by atoms with Crippen molar-refractivity contribution >= 4 is 38.1 Å². The highest BCUT2D eigenvalue weighted by Gasteiger charge is 2.18. The van der Waals surface area contributed by atoms with Gasteiger partial charge < -0.3 is 20.1 Å². The van der Waals surface area contributed by atoms with Crippen molar-refractivity contribution in [3.63, 3.8) is 0 Å². The van der Waals surface area contributed by atoms with Crippen LogP contribution < -0.4 is 24.8 Å². The predicted molar refractivity (Wildman–Crippen MR) is 149 cm³/mol. The van der Waals surface area contributed by atoms with E-state index in [4.69, 9.17) is 9.47 Å². The minimum atomic E-state index is -3.74. The molecule has 0 saturated heterocycles. The van der Waals surface area contributed by atoms with Gasteiger partial charge in [-0.2, -0.15) is 0 Å². The van der Waals surface area contributed by atoms with E-state index in [1.807, 2.05) is 41.8 Å². The number of carbonyl (C=O) groups excluding carboxylic acids is 1. The normalized spacial score (nSPS) is 12.0. The fraction of sp³-hybridized carbons (Fsp3) is 0.185. The zero-order valence-corrected chi connectivity index (χ0v) is 22.7. The second-order valence-corrected chi connectivity index (χ2v) is 10.8. The molecule has 0 unspecified atom stereocenters. The highest BCUT2D eigenvalue weighted by molar-refractivity contribution is 7.89. The summed E-state index contributed by atoms with van der Waals surface area (Å²) in [5.41, 5.74) is 2.94. The van der Waals surface area contributed by atoms with Crippen LogP contribution >= 0.6 is 11.3 Å². The van der Waals surface area contributed by atoms with Crippen LogP contribution in [0.25, 0.3) is 11.3 Å². The molecule has 4 aromatic rings. The molecule has 198 valence electrons. The molecule has 0 aliphatic carbocycles. The number of amides is 1. The van der Waals surface area contributed by atoms with Gasteiger partial charge in [-0.3, -0.25) is 4.79 Å². The van der Waals surface area contributed by atoms with Crippen molar-refractivity contribution in [2.75, 3.05) is 31.4 Å². The second kappa shape index (κ2) is 12.1. The zero-order valence-electron chi connectivity index (χ0n) is 21.1. The first-order valence-corrected chi connectivity index (χ1v) is 14.1. The molecule has 4 rings (SSSR count). The van der Waals surface area contributed by atoms with Gasteiger partial charge in [0.05, 0.1) is 23.4 Å². The van der Waals surface area contributed by atoms with Gasteiger partial charge in [0.15, 0.2) is 11.7 Å². The Morgan fingerprint density at radius 3 is 2.45 bits per heavy atom. The summed E-state index contributed by atoms with van der Waals surface area (Å²) in [7, 11) is -0.413. The Kier molecular flexibility index (Phi) is 8.62. The van der Waals surface area contributed by atoms with Crippen LogP contribution in [0.3, 0.4) is 0 Å². The van der Waals surface area contributed by atoms with Crippen molar-refractivity contribution in [3.8, 4) is 22.8 Å². The van der Waals surface area contributed by atoms with Gasteiger partial charge in [-0.25, -0.2) is 18.1 Å². The molecule has 11 heteroatoms. The first-order valence-electron chi connectivity index (χ1n) is 11.7. The molecule has 0 radical (unpaired) electrons. The van der Waals surface area contributed by atoms with E-state index in [2.05, 4.69) is 20.3 Å². The second-order valence-electron chi connectivity index (χ2n) is 8.26. The number of rotatable bonds is 11. The summed E-state index contributed by atoms with van der Waals surface area (Å²) >= 11 is 1.48. The Labute approximate surface area is 225 Å². The van der Waals surface area contributed by atoms with Gasteiger partial charge in [0.1, 0.15) is 11.5 Å². The summed E-state index contributed by atoms with van der Waals surface area (Å²) in [4.78, 5) is 17.2. The molecule has 0 aliphatic heterocycles. The fourth-order valence-electron chi connectivity index (χ4n) is 3.65. The van der Waals surface area contributed by atoms with Gasteiger partial charge in [0, 0.05) is 24.0 Å². The van der Waals surface area contributed by atoms with Crippen LogP contribution in [0.4, 0.5) is 10.8 Å². The maximum absolute atomic E-state index is 12.8. The average molecular weight is 553 g/mol. The van der Waals surface area contributed by atoms with E-state index in [-0.39, 0.29) is 11.5 Å². The van der Waals surface area contributed by atoms with Gasteiger partial charge >= 0.3 is 0 Å². The third-order valence-corrected chi connectivity index (χ3v) is 8.04. The number of hydrogen-bond acceptors (Lipinski definition) is 8. The molecule has 0 fully saturated rings. The molecule has 0 bridgehead atoms. The van der Waals surface area contributed by atoms with Crippen molar-refractivity contribution in [2.45, 2.75) is 17.9 Å². The third-order valence-electron chi connectivity index (χ3n) is 5.62. The van der Waals surface area contributed by atoms with E-state index in [0.717, 1.165) is 22.0 Å². The summed E-state index contributed by atoms with van der Waals surface area (Å²) in [5, 5.41) is 8.51. The van der Waals surface area contributed by atoms with Gasteiger partial charge in [0.25, 0.3) is 5.91 Å². The lowest BCUT2D eigenvalue weighted by atomic mass is 10.1. The molecule has 1 heterocycles. The van der Waals surface area contributed by atoms with Crippen molar-refractivity contribution in [1.82, 2.24) is 9.71 Å². The van der Waals surface area contributed by atoms with Crippen molar-refractivity contribution in [3.05, 3.63) is 83.7 Å². The molecule has 3 N–H and O–H groups in total. The van der Waals surface area contributed by atoms with E-state index in [1.165, 1.54) is 42.7 Å². The van der Waals surface area contributed by atoms with Gasteiger partial charge in [0.2, 0.25) is 10.0 Å². The van der Waals surface area contributed by atoms with Gasteiger partial charge in [-0.15, -0.1) is 11.3 Å². The summed E-state index contributed by atoms with van der Waals surface area (Å²) in [6.45, 7) is 1.51. The van der Waals surface area contributed by atoms with E-state index in [0.29, 0.717) is 17.2 Å². The number of aromatic nitrogens is 1. The van der Waals surface area contributed by atoms with Crippen LogP contribution in [0.5, 0.6) is 11.5 Å². The molecule has 1 atom stereocenters. The van der Waals surface area contributed by atoms with Gasteiger partial charge in [-0.1, -0.05) is 30.3 Å². The maximum atomic E-state index is 12.8. The highest BCUT2D eigenvalue weighted by Crippen LogP contribution is 2.32. The smallest absolute Gasteiger partial charge is 0.262 e. The molecular weight excluding hydrogens is 524 g/mol. The number of anilines is 2. The SMILES string of the molecule is CNc1nc(-c2ccc(OC)c(NC(=O)COc3ccc(S(=O)(=O)N[C@@H](C)c4ccccc4)cc3)c2)cs1. The summed E-state index contributed by atoms with van der Waals surface area (Å²) in [6.07, 6.45) is 0. The van der Waals surface area contributed by atoms with Crippen molar-refractivity contribution in [1.29, 1.82) is 0 Å². The third kappa shape index (κ3) is 6.68. The minimum absolute atomic E-state index is 0.0992. The Balaban J connectivity index is 1.37. The first-order chi connectivity index (χ1) is 18.3. The molecule has 0 saturated carbocycles. The number of carbonyl (C=O) groups is 1. The van der Waals surface area contributed by atoms with E-state index in [9.17, 15) is 13.2 Å². The highest BCUT2D eigenvalue weighted by atomic mass is 32.2. The number of ether oxygens (including phenoxy) is 2. The van der Waals surface area contributed by atoms with Crippen LogP contribution in [0.1, 0.15) is 18.5 Å². The Bertz CT molecular complexity index is 1490. The quantitative estimate of drug-likeness (QED) is 0.242. The summed E-state index contributed by atoms with van der Waals surface area (Å²) in [5.74, 6) is 0.459. The number of methoxy groups -OCH3 is 1. The molecule has 0 spiro atoms. The Morgan fingerprint density at radius 1 is 1.05 bits per heavy atom. The topological polar surface area (TPSA) is 119 Å². The molecule has 1 aromatic heterocycles. The number of nitrogens with zero attached hydrogens (tertiary/aromatic N) is 1. The summed E-state index contributed by atoms with van der Waals surface area (Å²) < 4.78 is 39.2. The van der Waals surface area contributed by atoms with E-state index < -0.39 is 22.0 Å². The Hall–Kier alpha value is -3.93. The van der Waals surface area contributed by atoms with Crippen molar-refractivity contribution < 1.29 is 22.7 Å². The van der Waals surface area contributed by atoms with E-state index in [1.54, 1.807) is 26.1 Å². The number of sulfonamides is 1. The van der Waals surface area contributed by atoms with Crippen LogP contribution in [-0.4, -0.2) is 40.1 Å². The summed E-state index contributed by atoms with van der Waals surface area (Å²) in [6, 6.07) is 20.2. The maximum Gasteiger partial charge on any atom is 0.262 e. The van der Waals surface area contributed by atoms with Crippen molar-refractivity contribution in [2.24, 2.45) is 0 Å².